The Morgan fingerprint density at radius 1 is 1.22 bits per heavy atom. The number of carbonyl (C=O) groups excluding carboxylic acids is 1. The van der Waals surface area contributed by atoms with E-state index in [9.17, 15) is 4.79 Å². The number of para-hydroxylation sites is 1. The van der Waals surface area contributed by atoms with E-state index in [4.69, 9.17) is 4.98 Å². The maximum Gasteiger partial charge on any atom is 0.330 e. The van der Waals surface area contributed by atoms with E-state index in [1.807, 2.05) is 6.08 Å². The molecule has 1 fully saturated rings. The fraction of sp³-hybridized carbons (Fsp3) is 0.462. The van der Waals surface area contributed by atoms with Gasteiger partial charge in [-0.1, -0.05) is 30.3 Å². The van der Waals surface area contributed by atoms with Crippen LogP contribution >= 0.6 is 0 Å². The van der Waals surface area contributed by atoms with E-state index in [1.54, 1.807) is 0 Å². The van der Waals surface area contributed by atoms with Crippen molar-refractivity contribution < 1.29 is 9.53 Å². The smallest absolute Gasteiger partial charge is 0.330 e. The highest BCUT2D eigenvalue weighted by atomic mass is 16.5. The molecule has 5 rings (SSSR count). The normalized spacial score (nSPS) is 19.6. The Bertz CT molecular complexity index is 1010. The number of aryl methyl sites for hydroxylation is 1. The van der Waals surface area contributed by atoms with Crippen molar-refractivity contribution in [3.8, 4) is 0 Å². The van der Waals surface area contributed by atoms with Gasteiger partial charge in [-0.3, -0.25) is 4.90 Å². The molecule has 2 aromatic rings. The molecule has 1 spiro atoms. The molecule has 6 heteroatoms. The predicted molar refractivity (Wildman–Crippen MR) is 127 cm³/mol. The maximum atomic E-state index is 11.3. The van der Waals surface area contributed by atoms with Crippen molar-refractivity contribution in [3.63, 3.8) is 0 Å². The Morgan fingerprint density at radius 2 is 2.06 bits per heavy atom. The van der Waals surface area contributed by atoms with Gasteiger partial charge in [-0.25, -0.2) is 9.78 Å². The minimum Gasteiger partial charge on any atom is -0.466 e. The highest BCUT2D eigenvalue weighted by Gasteiger charge is 2.44. The van der Waals surface area contributed by atoms with Crippen LogP contribution in [-0.2, 0) is 27.9 Å². The summed E-state index contributed by atoms with van der Waals surface area (Å²) in [5.74, 6) is 0.786. The van der Waals surface area contributed by atoms with Crippen LogP contribution in [0.25, 0.3) is 0 Å². The monoisotopic (exact) mass is 432 g/mol. The molecule has 1 saturated heterocycles. The summed E-state index contributed by atoms with van der Waals surface area (Å²) in [6.45, 7) is 5.78. The van der Waals surface area contributed by atoms with E-state index in [0.717, 1.165) is 70.0 Å². The van der Waals surface area contributed by atoms with E-state index in [2.05, 4.69) is 56.3 Å². The lowest BCUT2D eigenvalue weighted by Crippen LogP contribution is -2.45. The number of hydrogen-bond acceptors (Lipinski definition) is 6. The van der Waals surface area contributed by atoms with Crippen molar-refractivity contribution in [1.29, 1.82) is 0 Å². The first-order chi connectivity index (χ1) is 15.7. The Hall–Kier alpha value is -2.86. The molecule has 0 unspecified atom stereocenters. The van der Waals surface area contributed by atoms with Crippen LogP contribution in [0.1, 0.15) is 36.1 Å². The van der Waals surface area contributed by atoms with Crippen molar-refractivity contribution in [2.45, 2.75) is 37.6 Å². The number of pyridine rings is 1. The number of carbonyl (C=O) groups is 1. The average molecular weight is 433 g/mol. The van der Waals surface area contributed by atoms with E-state index in [-0.39, 0.29) is 11.4 Å². The first kappa shape index (κ1) is 21.0. The van der Waals surface area contributed by atoms with Gasteiger partial charge in [0.1, 0.15) is 5.82 Å². The molecule has 1 N–H and O–H groups in total. The number of hydrogen-bond donors (Lipinski definition) is 1. The number of aromatic nitrogens is 1. The summed E-state index contributed by atoms with van der Waals surface area (Å²) in [7, 11) is 1.41. The second-order valence-electron chi connectivity index (χ2n) is 9.22. The number of esters is 1. The second kappa shape index (κ2) is 8.94. The summed E-state index contributed by atoms with van der Waals surface area (Å²) in [5.41, 5.74) is 5.52. The summed E-state index contributed by atoms with van der Waals surface area (Å²) < 4.78 is 4.69. The number of methoxy groups -OCH3 is 1. The number of nitrogens with zero attached hydrogens (tertiary/aromatic N) is 3. The van der Waals surface area contributed by atoms with Crippen molar-refractivity contribution in [1.82, 2.24) is 9.88 Å². The van der Waals surface area contributed by atoms with Gasteiger partial charge in [0.15, 0.2) is 0 Å². The number of likely N-dealkylation sites (tertiary alicyclic amines) is 1. The molecule has 32 heavy (non-hydrogen) atoms. The van der Waals surface area contributed by atoms with Gasteiger partial charge in [-0.05, 0) is 62.0 Å². The second-order valence-corrected chi connectivity index (χ2v) is 9.22. The van der Waals surface area contributed by atoms with Crippen LogP contribution in [0.3, 0.4) is 0 Å². The van der Waals surface area contributed by atoms with Gasteiger partial charge in [-0.15, -0.1) is 0 Å². The Labute approximate surface area is 190 Å². The first-order valence-electron chi connectivity index (χ1n) is 11.7. The van der Waals surface area contributed by atoms with Gasteiger partial charge < -0.3 is 15.0 Å². The van der Waals surface area contributed by atoms with E-state index >= 15 is 0 Å². The lowest BCUT2D eigenvalue weighted by Gasteiger charge is -2.39. The molecule has 168 valence electrons. The molecule has 4 heterocycles. The van der Waals surface area contributed by atoms with Crippen molar-refractivity contribution in [2.24, 2.45) is 0 Å². The number of nitrogens with one attached hydrogen (secondary N) is 1. The minimum atomic E-state index is -0.287. The van der Waals surface area contributed by atoms with E-state index in [1.165, 1.54) is 36.4 Å². The molecule has 0 aliphatic carbocycles. The topological polar surface area (TPSA) is 57.7 Å². The van der Waals surface area contributed by atoms with Crippen LogP contribution in [0.2, 0.25) is 0 Å². The zero-order chi connectivity index (χ0) is 22.0. The number of fused-ring (bicyclic) bond motifs is 3. The highest BCUT2D eigenvalue weighted by Crippen LogP contribution is 2.47. The van der Waals surface area contributed by atoms with Crippen LogP contribution < -0.4 is 10.2 Å². The molecule has 0 atom stereocenters. The third-order valence-corrected chi connectivity index (χ3v) is 7.25. The third kappa shape index (κ3) is 4.11. The Morgan fingerprint density at radius 3 is 2.91 bits per heavy atom. The highest BCUT2D eigenvalue weighted by molar-refractivity contribution is 5.81. The zero-order valence-electron chi connectivity index (χ0n) is 18.8. The van der Waals surface area contributed by atoms with Crippen molar-refractivity contribution in [3.05, 3.63) is 65.4 Å². The van der Waals surface area contributed by atoms with Gasteiger partial charge in [0.25, 0.3) is 0 Å². The van der Waals surface area contributed by atoms with Gasteiger partial charge in [0, 0.05) is 36.8 Å². The molecular formula is C26H32N4O2. The Balaban J connectivity index is 1.29. The largest absolute Gasteiger partial charge is 0.466 e. The fourth-order valence-electron chi connectivity index (χ4n) is 5.48. The quantitative estimate of drug-likeness (QED) is 0.576. The standard InChI is InChI=1S/C26H32N4O2/c1-32-24(31)9-5-15-29-16-12-26(13-17-29)19-30(23-8-3-2-7-22(23)26)18-21-11-10-20-6-4-14-27-25(20)28-21/h2-3,5,7-11H,4,6,12-19H2,1H3,(H,27,28)/b9-5+. The number of anilines is 2. The molecule has 1 aromatic carbocycles. The van der Waals surface area contributed by atoms with Crippen LogP contribution in [0, 0.1) is 0 Å². The summed E-state index contributed by atoms with van der Waals surface area (Å²) in [6, 6.07) is 13.4. The van der Waals surface area contributed by atoms with Crippen molar-refractivity contribution in [2.75, 3.05) is 50.1 Å². The minimum absolute atomic E-state index is 0.200. The zero-order valence-corrected chi connectivity index (χ0v) is 18.8. The van der Waals surface area contributed by atoms with Crippen LogP contribution in [-0.4, -0.2) is 55.7 Å². The molecule has 3 aliphatic rings. The average Bonchev–Trinajstić information content (AvgIpc) is 3.13. The molecular weight excluding hydrogens is 400 g/mol. The molecule has 3 aliphatic heterocycles. The number of benzene rings is 1. The summed E-state index contributed by atoms with van der Waals surface area (Å²) in [4.78, 5) is 21.2. The molecule has 1 aromatic heterocycles. The number of rotatable bonds is 5. The van der Waals surface area contributed by atoms with Crippen LogP contribution in [0.4, 0.5) is 11.5 Å². The molecule has 0 amide bonds. The molecule has 0 bridgehead atoms. The number of piperidine rings is 1. The maximum absolute atomic E-state index is 11.3. The Kier molecular flexibility index (Phi) is 5.87. The van der Waals surface area contributed by atoms with Gasteiger partial charge >= 0.3 is 5.97 Å². The van der Waals surface area contributed by atoms with Gasteiger partial charge in [0.2, 0.25) is 0 Å². The van der Waals surface area contributed by atoms with Gasteiger partial charge in [0.05, 0.1) is 19.3 Å². The fourth-order valence-corrected chi connectivity index (χ4v) is 5.48. The predicted octanol–water partition coefficient (Wildman–Crippen LogP) is 3.52. The lowest BCUT2D eigenvalue weighted by molar-refractivity contribution is -0.134. The summed E-state index contributed by atoms with van der Waals surface area (Å²) >= 11 is 0. The summed E-state index contributed by atoms with van der Waals surface area (Å²) in [5, 5.41) is 3.47. The first-order valence-corrected chi connectivity index (χ1v) is 11.7. The molecule has 0 radical (unpaired) electrons. The number of ether oxygens (including phenoxy) is 1. The lowest BCUT2D eigenvalue weighted by atomic mass is 9.74. The van der Waals surface area contributed by atoms with E-state index in [0.29, 0.717) is 0 Å². The van der Waals surface area contributed by atoms with Crippen LogP contribution in [0.5, 0.6) is 0 Å². The van der Waals surface area contributed by atoms with Crippen molar-refractivity contribution >= 4 is 17.5 Å². The molecule has 6 nitrogen and oxygen atoms in total. The van der Waals surface area contributed by atoms with Crippen LogP contribution in [0.15, 0.2) is 48.6 Å². The van der Waals surface area contributed by atoms with Gasteiger partial charge in [-0.2, -0.15) is 0 Å². The SMILES string of the molecule is COC(=O)/C=C/CN1CCC2(CC1)CN(Cc1ccc3c(n1)NCCC3)c1ccccc12. The van der Waals surface area contributed by atoms with E-state index < -0.39 is 0 Å². The summed E-state index contributed by atoms with van der Waals surface area (Å²) in [6.07, 6.45) is 8.01. The third-order valence-electron chi connectivity index (χ3n) is 7.25. The molecule has 0 saturated carbocycles.